The molecule has 0 N–H and O–H groups in total. The van der Waals surface area contributed by atoms with E-state index in [0.29, 0.717) is 0 Å². The highest BCUT2D eigenvalue weighted by Crippen LogP contribution is 2.50. The normalized spacial score (nSPS) is 13.0. The van der Waals surface area contributed by atoms with Crippen LogP contribution in [-0.2, 0) is 6.42 Å². The SMILES string of the molecule is C1=CCCC(c2ccc(-c3c4ccc(N(c5ccc6c(c5)CCC=C6)c5ccc6ccccc6c5)cc4c(-c4ccc(-c5ccccc5)cc4)c4ccc(N(c5ccc6ccccc6c5)c5ccc6ccccc6c5)cc34)cc2)=C1. The summed E-state index contributed by atoms with van der Waals surface area (Å²) in [6.07, 6.45) is 15.5. The van der Waals surface area contributed by atoms with Crippen molar-refractivity contribution in [2.45, 2.75) is 25.7 Å². The third-order valence-corrected chi connectivity index (χ3v) is 16.7. The van der Waals surface area contributed by atoms with Crippen molar-refractivity contribution in [3.05, 3.63) is 302 Å². The quantitative estimate of drug-likeness (QED) is 0.126. The summed E-state index contributed by atoms with van der Waals surface area (Å²) in [6, 6.07) is 97.7. The minimum Gasteiger partial charge on any atom is -0.310 e. The fraction of sp³-hybridized carbons (Fsp3) is 0.0513. The van der Waals surface area contributed by atoms with E-state index < -0.39 is 0 Å². The van der Waals surface area contributed by atoms with Crippen LogP contribution in [0.2, 0.25) is 0 Å². The van der Waals surface area contributed by atoms with E-state index in [1.165, 1.54) is 110 Å². The van der Waals surface area contributed by atoms with Crippen LogP contribution in [0.25, 0.3) is 98.9 Å². The summed E-state index contributed by atoms with van der Waals surface area (Å²) in [5, 5.41) is 12.1. The van der Waals surface area contributed by atoms with Crippen molar-refractivity contribution in [3.63, 3.8) is 0 Å². The van der Waals surface area contributed by atoms with Gasteiger partial charge in [0.05, 0.1) is 0 Å². The standard InChI is InChI=1S/C78H56N2/c1-3-15-53(16-4-1)59-27-31-61(32-28-59)77-73-45-43-72(80(69-41-37-57-21-9-13-25-65(57)49-69)70-42-38-58-22-10-14-26-66(58)50-70)52-76(73)78(62-33-29-60(30-34-62)54-17-5-2-6-18-54)74-46-44-71(51-75(74)77)79(67-39-35-55-19-7-11-23-63(55)47-67)68-40-36-56-20-8-12-24-64(56)48-68/h1-5,7-11,13-17,19-23,25-52H,6,12,18,24H2. The molecule has 0 unspecified atom stereocenters. The molecule has 0 saturated carbocycles. The average molecular weight is 1020 g/mol. The van der Waals surface area contributed by atoms with Gasteiger partial charge in [0.1, 0.15) is 0 Å². The maximum atomic E-state index is 2.48. The van der Waals surface area contributed by atoms with E-state index in [1.807, 2.05) is 0 Å². The summed E-state index contributed by atoms with van der Waals surface area (Å²) < 4.78 is 0. The Bertz CT molecular complexity index is 4560. The first-order valence-electron chi connectivity index (χ1n) is 28.2. The van der Waals surface area contributed by atoms with Crippen LogP contribution in [0.5, 0.6) is 0 Å². The van der Waals surface area contributed by atoms with Crippen molar-refractivity contribution in [1.82, 2.24) is 0 Å². The van der Waals surface area contributed by atoms with Gasteiger partial charge in [-0.25, -0.2) is 0 Å². The van der Waals surface area contributed by atoms with E-state index in [4.69, 9.17) is 0 Å². The highest BCUT2D eigenvalue weighted by molar-refractivity contribution is 6.23. The summed E-state index contributed by atoms with van der Waals surface area (Å²) in [5.41, 5.74) is 19.2. The molecule has 13 aromatic carbocycles. The number of aryl methyl sites for hydroxylation is 1. The molecule has 2 nitrogen and oxygen atoms in total. The topological polar surface area (TPSA) is 6.48 Å². The molecule has 0 bridgehead atoms. The van der Waals surface area contributed by atoms with Gasteiger partial charge in [-0.05, 0) is 208 Å². The first-order valence-corrected chi connectivity index (χ1v) is 28.2. The van der Waals surface area contributed by atoms with Gasteiger partial charge in [-0.2, -0.15) is 0 Å². The first kappa shape index (κ1) is 47.2. The second-order valence-corrected chi connectivity index (χ2v) is 21.5. The lowest BCUT2D eigenvalue weighted by Gasteiger charge is -2.29. The number of hydrogen-bond donors (Lipinski definition) is 0. The number of benzene rings is 13. The highest BCUT2D eigenvalue weighted by atomic mass is 15.1. The Hall–Kier alpha value is -10.0. The van der Waals surface area contributed by atoms with Gasteiger partial charge in [0.25, 0.3) is 0 Å². The van der Waals surface area contributed by atoms with E-state index in [2.05, 4.69) is 301 Å². The summed E-state index contributed by atoms with van der Waals surface area (Å²) in [6.45, 7) is 0. The third-order valence-electron chi connectivity index (χ3n) is 16.7. The number of anilines is 6. The molecule has 378 valence electrons. The third kappa shape index (κ3) is 8.63. The molecule has 2 heteroatoms. The molecular formula is C78H56N2. The largest absolute Gasteiger partial charge is 0.310 e. The Balaban J connectivity index is 1.02. The molecule has 0 saturated heterocycles. The minimum absolute atomic E-state index is 1.02. The molecule has 0 atom stereocenters. The second kappa shape index (κ2) is 20.1. The van der Waals surface area contributed by atoms with Gasteiger partial charge in [-0.1, -0.05) is 218 Å². The number of fused-ring (bicyclic) bond motifs is 6. The number of rotatable bonds is 10. The Morgan fingerprint density at radius 3 is 1.20 bits per heavy atom. The van der Waals surface area contributed by atoms with E-state index in [9.17, 15) is 0 Å². The van der Waals surface area contributed by atoms with Crippen molar-refractivity contribution in [1.29, 1.82) is 0 Å². The molecule has 2 aliphatic carbocycles. The molecule has 0 fully saturated rings. The molecule has 13 aromatic rings. The van der Waals surface area contributed by atoms with Crippen LogP contribution in [0.1, 0.15) is 36.0 Å². The van der Waals surface area contributed by atoms with Crippen molar-refractivity contribution < 1.29 is 0 Å². The summed E-state index contributed by atoms with van der Waals surface area (Å²) in [5.74, 6) is 0. The molecule has 0 aliphatic heterocycles. The summed E-state index contributed by atoms with van der Waals surface area (Å²) in [4.78, 5) is 4.93. The maximum Gasteiger partial charge on any atom is 0.0468 e. The van der Waals surface area contributed by atoms with Crippen LogP contribution >= 0.6 is 0 Å². The van der Waals surface area contributed by atoms with Crippen LogP contribution < -0.4 is 9.80 Å². The van der Waals surface area contributed by atoms with E-state index in [0.717, 1.165) is 59.8 Å². The number of allylic oxidation sites excluding steroid dienone is 5. The Morgan fingerprint density at radius 1 is 0.275 bits per heavy atom. The molecule has 0 amide bonds. The first-order chi connectivity index (χ1) is 39.6. The van der Waals surface area contributed by atoms with Gasteiger partial charge in [-0.3, -0.25) is 0 Å². The van der Waals surface area contributed by atoms with Crippen LogP contribution in [0, 0.1) is 0 Å². The smallest absolute Gasteiger partial charge is 0.0468 e. The minimum atomic E-state index is 1.02. The van der Waals surface area contributed by atoms with Crippen molar-refractivity contribution in [2.24, 2.45) is 0 Å². The molecule has 0 heterocycles. The summed E-state index contributed by atoms with van der Waals surface area (Å²) >= 11 is 0. The molecule has 15 rings (SSSR count). The molecule has 2 aliphatic rings. The van der Waals surface area contributed by atoms with Gasteiger partial charge >= 0.3 is 0 Å². The van der Waals surface area contributed by atoms with Crippen LogP contribution in [0.3, 0.4) is 0 Å². The lowest BCUT2D eigenvalue weighted by molar-refractivity contribution is 0.984. The fourth-order valence-corrected chi connectivity index (χ4v) is 12.7. The molecule has 0 aromatic heterocycles. The molecule has 80 heavy (non-hydrogen) atoms. The van der Waals surface area contributed by atoms with Gasteiger partial charge in [0, 0.05) is 34.1 Å². The van der Waals surface area contributed by atoms with E-state index in [-0.39, 0.29) is 0 Å². The monoisotopic (exact) mass is 1020 g/mol. The summed E-state index contributed by atoms with van der Waals surface area (Å²) in [7, 11) is 0. The molecule has 0 spiro atoms. The lowest BCUT2D eigenvalue weighted by atomic mass is 9.84. The van der Waals surface area contributed by atoms with Crippen LogP contribution in [0.4, 0.5) is 34.1 Å². The zero-order valence-electron chi connectivity index (χ0n) is 44.4. The Morgan fingerprint density at radius 2 is 0.688 bits per heavy atom. The van der Waals surface area contributed by atoms with Gasteiger partial charge < -0.3 is 9.80 Å². The predicted octanol–water partition coefficient (Wildman–Crippen LogP) is 22.1. The van der Waals surface area contributed by atoms with E-state index >= 15 is 0 Å². The van der Waals surface area contributed by atoms with Gasteiger partial charge in [0.15, 0.2) is 0 Å². The van der Waals surface area contributed by atoms with Crippen LogP contribution in [-0.4, -0.2) is 0 Å². The predicted molar refractivity (Wildman–Crippen MR) is 343 cm³/mol. The lowest BCUT2D eigenvalue weighted by Crippen LogP contribution is -2.11. The Kier molecular flexibility index (Phi) is 11.9. The Labute approximate surface area is 467 Å². The van der Waals surface area contributed by atoms with Crippen molar-refractivity contribution in [3.8, 4) is 33.4 Å². The van der Waals surface area contributed by atoms with Gasteiger partial charge in [-0.15, -0.1) is 0 Å². The number of nitrogens with zero attached hydrogens (tertiary/aromatic N) is 2. The van der Waals surface area contributed by atoms with Crippen LogP contribution in [0.15, 0.2) is 285 Å². The molecule has 0 radical (unpaired) electrons. The number of hydrogen-bond acceptors (Lipinski definition) is 2. The maximum absolute atomic E-state index is 2.48. The van der Waals surface area contributed by atoms with Crippen molar-refractivity contribution >= 4 is 99.6 Å². The zero-order valence-corrected chi connectivity index (χ0v) is 44.4. The zero-order chi connectivity index (χ0) is 52.9. The highest BCUT2D eigenvalue weighted by Gasteiger charge is 2.24. The van der Waals surface area contributed by atoms with E-state index in [1.54, 1.807) is 0 Å². The van der Waals surface area contributed by atoms with Gasteiger partial charge in [0.2, 0.25) is 0 Å². The molecular weight excluding hydrogens is 965 g/mol. The average Bonchev–Trinajstić information content (AvgIpc) is 3.65. The second-order valence-electron chi connectivity index (χ2n) is 21.5. The fourth-order valence-electron chi connectivity index (χ4n) is 12.7. The van der Waals surface area contributed by atoms with Crippen molar-refractivity contribution in [2.75, 3.05) is 9.80 Å².